The number of ketones is 1. The van der Waals surface area contributed by atoms with E-state index < -0.39 is 0 Å². The number of aromatic amines is 1. The number of H-pyrrole nitrogens is 1. The zero-order valence-corrected chi connectivity index (χ0v) is 25.8. The van der Waals surface area contributed by atoms with E-state index in [1.807, 2.05) is 67.7 Å². The molecule has 4 rings (SSSR count). The van der Waals surface area contributed by atoms with Gasteiger partial charge < -0.3 is 10.3 Å². The molecule has 2 atom stereocenters. The number of aryl methyl sites for hydroxylation is 1. The maximum Gasteiger partial charge on any atom is 0.222 e. The molecule has 0 aliphatic rings. The summed E-state index contributed by atoms with van der Waals surface area (Å²) >= 11 is 0. The first kappa shape index (κ1) is 33.4. The van der Waals surface area contributed by atoms with Crippen LogP contribution in [0.4, 0.5) is 0 Å². The Balaban J connectivity index is 0.000000259. The number of rotatable bonds is 16. The predicted molar refractivity (Wildman–Crippen MR) is 174 cm³/mol. The molecule has 4 aromatic rings. The standard InChI is InChI=1S/C23H24N2O.C13H23N3O/c1-18(26)23(25-24-17-19-11-5-2-6-12-19)22(20-13-7-3-8-14-20)21-15-9-4-10-16-21;1-3-4-6-11(2)13(17)15-8-5-7-12-9-14-10-16-12/h2-16,22-25H,17H2,1H3;9-11H,3-8H2,1-2H3,(H,14,16)(H,15,17)/t23-;/m0./s1. The number of carbonyl (C=O) groups excluding carboxylic acids is 2. The molecule has 43 heavy (non-hydrogen) atoms. The molecule has 4 N–H and O–H groups in total. The van der Waals surface area contributed by atoms with Crippen LogP contribution >= 0.6 is 0 Å². The molecule has 0 spiro atoms. The highest BCUT2D eigenvalue weighted by Crippen LogP contribution is 2.28. The summed E-state index contributed by atoms with van der Waals surface area (Å²) in [6.45, 7) is 7.19. The van der Waals surface area contributed by atoms with Gasteiger partial charge in [0.05, 0.1) is 12.4 Å². The van der Waals surface area contributed by atoms with Crippen molar-refractivity contribution < 1.29 is 9.59 Å². The van der Waals surface area contributed by atoms with Crippen molar-refractivity contribution >= 4 is 11.7 Å². The van der Waals surface area contributed by atoms with Crippen molar-refractivity contribution in [2.24, 2.45) is 5.92 Å². The van der Waals surface area contributed by atoms with Crippen LogP contribution < -0.4 is 16.2 Å². The topological polar surface area (TPSA) is 98.9 Å². The van der Waals surface area contributed by atoms with Crippen LogP contribution in [-0.2, 0) is 22.6 Å². The first-order valence-electron chi connectivity index (χ1n) is 15.4. The van der Waals surface area contributed by atoms with Gasteiger partial charge in [-0.3, -0.25) is 15.0 Å². The van der Waals surface area contributed by atoms with Gasteiger partial charge in [-0.2, -0.15) is 0 Å². The predicted octanol–water partition coefficient (Wildman–Crippen LogP) is 6.36. The van der Waals surface area contributed by atoms with E-state index >= 15 is 0 Å². The monoisotopic (exact) mass is 581 g/mol. The minimum atomic E-state index is -0.358. The Morgan fingerprint density at radius 3 is 2.00 bits per heavy atom. The summed E-state index contributed by atoms with van der Waals surface area (Å²) in [5, 5.41) is 2.98. The Morgan fingerprint density at radius 2 is 1.47 bits per heavy atom. The molecule has 0 saturated carbocycles. The number of nitrogens with one attached hydrogen (secondary N) is 4. The number of hydrazine groups is 1. The number of aromatic nitrogens is 2. The first-order chi connectivity index (χ1) is 21.0. The fraction of sp³-hybridized carbons (Fsp3) is 0.361. The van der Waals surface area contributed by atoms with E-state index in [-0.39, 0.29) is 29.6 Å². The van der Waals surface area contributed by atoms with E-state index in [9.17, 15) is 9.59 Å². The molecule has 0 aliphatic heterocycles. The summed E-state index contributed by atoms with van der Waals surface area (Å²) in [5.74, 6) is 0.367. The van der Waals surface area contributed by atoms with Crippen LogP contribution in [0.5, 0.6) is 0 Å². The van der Waals surface area contributed by atoms with E-state index in [2.05, 4.69) is 69.5 Å². The molecule has 1 unspecified atom stereocenters. The Labute approximate surface area is 256 Å². The van der Waals surface area contributed by atoms with Gasteiger partial charge in [-0.25, -0.2) is 10.4 Å². The number of nitrogens with zero attached hydrogens (tertiary/aromatic N) is 1. The first-order valence-corrected chi connectivity index (χ1v) is 15.4. The molecular weight excluding hydrogens is 534 g/mol. The number of unbranched alkanes of at least 4 members (excludes halogenated alkanes) is 1. The minimum absolute atomic E-state index is 0.0572. The number of Topliss-reactive ketones (excluding diaryl/α,β-unsaturated/α-hetero) is 1. The van der Waals surface area contributed by atoms with Gasteiger partial charge >= 0.3 is 0 Å². The molecule has 0 radical (unpaired) electrons. The molecule has 0 aliphatic carbocycles. The van der Waals surface area contributed by atoms with Gasteiger partial charge in [0.25, 0.3) is 0 Å². The van der Waals surface area contributed by atoms with Crippen LogP contribution in [0, 0.1) is 5.92 Å². The molecule has 0 saturated heterocycles. The van der Waals surface area contributed by atoms with Crippen LogP contribution in [-0.4, -0.2) is 34.2 Å². The van der Waals surface area contributed by atoms with Crippen LogP contribution in [0.15, 0.2) is 104 Å². The second-order valence-corrected chi connectivity index (χ2v) is 10.9. The van der Waals surface area contributed by atoms with E-state index in [0.29, 0.717) is 6.54 Å². The summed E-state index contributed by atoms with van der Waals surface area (Å²) in [4.78, 5) is 31.2. The zero-order chi connectivity index (χ0) is 30.7. The SMILES string of the molecule is CC(=O)[C@H](NNCc1ccccc1)C(c1ccccc1)c1ccccc1.CCCCC(C)C(=O)NCCCc1cnc[nH]1. The average Bonchev–Trinajstić information content (AvgIpc) is 3.57. The van der Waals surface area contributed by atoms with Crippen molar-refractivity contribution in [1.29, 1.82) is 0 Å². The van der Waals surface area contributed by atoms with E-state index in [1.54, 1.807) is 13.3 Å². The van der Waals surface area contributed by atoms with Crippen molar-refractivity contribution in [2.75, 3.05) is 6.54 Å². The number of imidazole rings is 1. The van der Waals surface area contributed by atoms with E-state index in [1.165, 1.54) is 5.56 Å². The molecule has 1 heterocycles. The van der Waals surface area contributed by atoms with E-state index in [0.717, 1.165) is 55.5 Å². The van der Waals surface area contributed by atoms with Gasteiger partial charge in [0, 0.05) is 36.8 Å². The zero-order valence-electron chi connectivity index (χ0n) is 25.8. The molecular formula is C36H47N5O2. The molecule has 0 fully saturated rings. The summed E-state index contributed by atoms with van der Waals surface area (Å²) in [7, 11) is 0. The average molecular weight is 582 g/mol. The van der Waals surface area contributed by atoms with Crippen molar-refractivity contribution in [3.05, 3.63) is 126 Å². The van der Waals surface area contributed by atoms with E-state index in [4.69, 9.17) is 0 Å². The van der Waals surface area contributed by atoms with Crippen LogP contribution in [0.2, 0.25) is 0 Å². The second kappa shape index (κ2) is 19.2. The van der Waals surface area contributed by atoms with Gasteiger partial charge in [-0.15, -0.1) is 0 Å². The minimum Gasteiger partial charge on any atom is -0.356 e. The maximum absolute atomic E-state index is 12.5. The lowest BCUT2D eigenvalue weighted by molar-refractivity contribution is -0.124. The van der Waals surface area contributed by atoms with Gasteiger partial charge in [-0.1, -0.05) is 118 Å². The third-order valence-corrected chi connectivity index (χ3v) is 7.40. The quantitative estimate of drug-likeness (QED) is 0.0912. The molecule has 1 aromatic heterocycles. The Bertz CT molecular complexity index is 1260. The molecule has 0 bridgehead atoms. The van der Waals surface area contributed by atoms with Crippen LogP contribution in [0.1, 0.15) is 74.8 Å². The number of hydrogen-bond donors (Lipinski definition) is 4. The highest BCUT2D eigenvalue weighted by atomic mass is 16.1. The summed E-state index contributed by atoms with van der Waals surface area (Å²) in [6, 6.07) is 30.1. The fourth-order valence-corrected chi connectivity index (χ4v) is 4.90. The summed E-state index contributed by atoms with van der Waals surface area (Å²) in [6.07, 6.45) is 8.66. The maximum atomic E-state index is 12.5. The van der Waals surface area contributed by atoms with Crippen molar-refractivity contribution in [2.45, 2.75) is 71.4 Å². The molecule has 1 amide bonds. The number of benzene rings is 3. The molecule has 3 aromatic carbocycles. The lowest BCUT2D eigenvalue weighted by Crippen LogP contribution is -2.48. The lowest BCUT2D eigenvalue weighted by atomic mass is 9.84. The highest BCUT2D eigenvalue weighted by Gasteiger charge is 2.28. The van der Waals surface area contributed by atoms with Crippen LogP contribution in [0.3, 0.4) is 0 Å². The van der Waals surface area contributed by atoms with Crippen LogP contribution in [0.25, 0.3) is 0 Å². The fourth-order valence-electron chi connectivity index (χ4n) is 4.90. The number of hydrogen-bond acceptors (Lipinski definition) is 5. The Hall–Kier alpha value is -4.07. The number of carbonyl (C=O) groups is 2. The normalized spacial score (nSPS) is 12.2. The van der Waals surface area contributed by atoms with Gasteiger partial charge in [-0.05, 0) is 42.9 Å². The largest absolute Gasteiger partial charge is 0.356 e. The summed E-state index contributed by atoms with van der Waals surface area (Å²) < 4.78 is 0. The highest BCUT2D eigenvalue weighted by molar-refractivity contribution is 5.83. The molecule has 228 valence electrons. The summed E-state index contributed by atoms with van der Waals surface area (Å²) in [5.41, 5.74) is 11.0. The van der Waals surface area contributed by atoms with Gasteiger partial charge in [0.2, 0.25) is 5.91 Å². The Morgan fingerprint density at radius 1 is 0.860 bits per heavy atom. The van der Waals surface area contributed by atoms with Gasteiger partial charge in [0.15, 0.2) is 0 Å². The third kappa shape index (κ3) is 12.0. The Kier molecular flexibility index (Phi) is 14.9. The third-order valence-electron chi connectivity index (χ3n) is 7.40. The van der Waals surface area contributed by atoms with Gasteiger partial charge in [0.1, 0.15) is 5.78 Å². The smallest absolute Gasteiger partial charge is 0.222 e. The second-order valence-electron chi connectivity index (χ2n) is 10.9. The lowest BCUT2D eigenvalue weighted by Gasteiger charge is -2.27. The van der Waals surface area contributed by atoms with Crippen molar-refractivity contribution in [1.82, 2.24) is 26.1 Å². The number of amides is 1. The molecule has 7 nitrogen and oxygen atoms in total. The van der Waals surface area contributed by atoms with Crippen molar-refractivity contribution in [3.63, 3.8) is 0 Å². The van der Waals surface area contributed by atoms with Crippen molar-refractivity contribution in [3.8, 4) is 0 Å². The molecule has 7 heteroatoms.